The summed E-state index contributed by atoms with van der Waals surface area (Å²) in [7, 11) is 0. The van der Waals surface area contributed by atoms with Crippen LogP contribution in [0, 0.1) is 20.8 Å². The molecule has 0 aliphatic carbocycles. The van der Waals surface area contributed by atoms with E-state index < -0.39 is 5.91 Å². The Hall–Kier alpha value is -4.07. The highest BCUT2D eigenvalue weighted by Gasteiger charge is 2.16. The van der Waals surface area contributed by atoms with Crippen LogP contribution in [0.5, 0.6) is 0 Å². The fourth-order valence-corrected chi connectivity index (χ4v) is 3.13. The van der Waals surface area contributed by atoms with Crippen LogP contribution in [0.15, 0.2) is 63.9 Å². The molecule has 0 aliphatic heterocycles. The lowest BCUT2D eigenvalue weighted by Crippen LogP contribution is -2.24. The van der Waals surface area contributed by atoms with Crippen LogP contribution in [0.1, 0.15) is 38.8 Å². The fourth-order valence-electron chi connectivity index (χ4n) is 3.13. The van der Waals surface area contributed by atoms with Crippen molar-refractivity contribution in [3.63, 3.8) is 0 Å². The monoisotopic (exact) mass is 429 g/mol. The number of carbonyl (C=O) groups is 1. The van der Waals surface area contributed by atoms with E-state index in [9.17, 15) is 9.59 Å². The molecule has 162 valence electrons. The Morgan fingerprint density at radius 1 is 1.00 bits per heavy atom. The van der Waals surface area contributed by atoms with E-state index in [1.54, 1.807) is 6.07 Å². The van der Waals surface area contributed by atoms with Crippen LogP contribution in [0.4, 0.5) is 0 Å². The molecule has 0 radical (unpaired) electrons. The molecule has 8 nitrogen and oxygen atoms in total. The number of aromatic nitrogens is 4. The van der Waals surface area contributed by atoms with Crippen LogP contribution in [-0.4, -0.2) is 25.8 Å². The Morgan fingerprint density at radius 2 is 1.78 bits per heavy atom. The lowest BCUT2D eigenvalue weighted by molar-refractivity contribution is 0.0907. The molecule has 0 bridgehead atoms. The van der Waals surface area contributed by atoms with Crippen molar-refractivity contribution >= 4 is 5.91 Å². The lowest BCUT2D eigenvalue weighted by atomic mass is 10.0. The molecule has 2 aromatic carbocycles. The van der Waals surface area contributed by atoms with Crippen molar-refractivity contribution in [2.24, 2.45) is 0 Å². The number of amides is 1. The second kappa shape index (κ2) is 8.97. The van der Waals surface area contributed by atoms with Crippen LogP contribution < -0.4 is 10.9 Å². The Morgan fingerprint density at radius 3 is 2.53 bits per heavy atom. The van der Waals surface area contributed by atoms with E-state index in [2.05, 4.69) is 20.6 Å². The van der Waals surface area contributed by atoms with Gasteiger partial charge in [0, 0.05) is 18.2 Å². The van der Waals surface area contributed by atoms with Gasteiger partial charge in [0.1, 0.15) is 6.54 Å². The number of nitrogens with zero attached hydrogens (tertiary/aromatic N) is 4. The maximum atomic E-state index is 12.3. The molecule has 4 rings (SSSR count). The van der Waals surface area contributed by atoms with E-state index in [1.807, 2.05) is 63.2 Å². The first-order chi connectivity index (χ1) is 15.4. The largest absolute Gasteiger partial charge is 0.344 e. The summed E-state index contributed by atoms with van der Waals surface area (Å²) in [4.78, 5) is 28.7. The van der Waals surface area contributed by atoms with Gasteiger partial charge in [0.05, 0.1) is 5.69 Å². The van der Waals surface area contributed by atoms with Gasteiger partial charge in [-0.1, -0.05) is 47.1 Å². The third kappa shape index (κ3) is 4.80. The van der Waals surface area contributed by atoms with Crippen molar-refractivity contribution in [2.45, 2.75) is 33.9 Å². The Kier molecular flexibility index (Phi) is 5.93. The van der Waals surface area contributed by atoms with Gasteiger partial charge in [0.2, 0.25) is 0 Å². The summed E-state index contributed by atoms with van der Waals surface area (Å²) in [6.45, 7) is 6.40. The SMILES string of the molecule is Cc1ccc(CNC(=O)c2nc(Cn3nc(-c4ccc(C)c(C)c4)ccc3=O)no2)cc1. The van der Waals surface area contributed by atoms with E-state index in [-0.39, 0.29) is 23.8 Å². The molecule has 2 heterocycles. The smallest absolute Gasteiger partial charge is 0.316 e. The van der Waals surface area contributed by atoms with Gasteiger partial charge in [0.25, 0.3) is 5.56 Å². The van der Waals surface area contributed by atoms with Crippen molar-refractivity contribution in [1.29, 1.82) is 0 Å². The van der Waals surface area contributed by atoms with Gasteiger partial charge in [-0.25, -0.2) is 4.68 Å². The highest BCUT2D eigenvalue weighted by atomic mass is 16.5. The van der Waals surface area contributed by atoms with Crippen LogP contribution >= 0.6 is 0 Å². The minimum Gasteiger partial charge on any atom is -0.344 e. The molecule has 0 aliphatic rings. The van der Waals surface area contributed by atoms with Crippen LogP contribution in [0.25, 0.3) is 11.3 Å². The second-order valence-electron chi connectivity index (χ2n) is 7.70. The van der Waals surface area contributed by atoms with Crippen molar-refractivity contribution in [3.8, 4) is 11.3 Å². The van der Waals surface area contributed by atoms with E-state index in [0.29, 0.717) is 12.2 Å². The van der Waals surface area contributed by atoms with Crippen LogP contribution in [0.2, 0.25) is 0 Å². The number of hydrogen-bond acceptors (Lipinski definition) is 6. The molecule has 2 aromatic heterocycles. The molecule has 0 saturated carbocycles. The van der Waals surface area contributed by atoms with Gasteiger partial charge in [0.15, 0.2) is 5.82 Å². The molecule has 0 spiro atoms. The molecule has 1 amide bonds. The maximum absolute atomic E-state index is 12.3. The van der Waals surface area contributed by atoms with E-state index in [4.69, 9.17) is 4.52 Å². The first-order valence-corrected chi connectivity index (χ1v) is 10.2. The van der Waals surface area contributed by atoms with Gasteiger partial charge in [-0.15, -0.1) is 0 Å². The van der Waals surface area contributed by atoms with Gasteiger partial charge in [-0.3, -0.25) is 9.59 Å². The summed E-state index contributed by atoms with van der Waals surface area (Å²) in [5, 5.41) is 11.0. The fraction of sp³-hybridized carbons (Fsp3) is 0.208. The molecule has 1 N–H and O–H groups in total. The van der Waals surface area contributed by atoms with E-state index in [0.717, 1.165) is 22.3 Å². The third-order valence-electron chi connectivity index (χ3n) is 5.20. The van der Waals surface area contributed by atoms with E-state index in [1.165, 1.54) is 16.3 Å². The third-order valence-corrected chi connectivity index (χ3v) is 5.20. The molecule has 8 heteroatoms. The van der Waals surface area contributed by atoms with Gasteiger partial charge in [-0.05, 0) is 49.6 Å². The Balaban J connectivity index is 1.46. The first kappa shape index (κ1) is 21.2. The normalized spacial score (nSPS) is 10.8. The molecular weight excluding hydrogens is 406 g/mol. The summed E-state index contributed by atoms with van der Waals surface area (Å²) < 4.78 is 6.33. The van der Waals surface area contributed by atoms with E-state index >= 15 is 0 Å². The van der Waals surface area contributed by atoms with Crippen molar-refractivity contribution in [2.75, 3.05) is 0 Å². The minimum absolute atomic E-state index is 0.00768. The summed E-state index contributed by atoms with van der Waals surface area (Å²) in [6.07, 6.45) is 0. The lowest BCUT2D eigenvalue weighted by Gasteiger charge is -2.07. The zero-order chi connectivity index (χ0) is 22.7. The summed E-state index contributed by atoms with van der Waals surface area (Å²) >= 11 is 0. The molecule has 0 fully saturated rings. The predicted octanol–water partition coefficient (Wildman–Crippen LogP) is 3.20. The molecule has 32 heavy (non-hydrogen) atoms. The average Bonchev–Trinajstić information content (AvgIpc) is 3.25. The second-order valence-corrected chi connectivity index (χ2v) is 7.70. The summed E-state index contributed by atoms with van der Waals surface area (Å²) in [5.74, 6) is -0.448. The maximum Gasteiger partial charge on any atom is 0.316 e. The quantitative estimate of drug-likeness (QED) is 0.505. The zero-order valence-corrected chi connectivity index (χ0v) is 18.1. The predicted molar refractivity (Wildman–Crippen MR) is 119 cm³/mol. The Labute approximate surface area is 184 Å². The average molecular weight is 429 g/mol. The van der Waals surface area contributed by atoms with Crippen LogP contribution in [-0.2, 0) is 13.1 Å². The number of nitrogens with one attached hydrogen (secondary N) is 1. The molecule has 4 aromatic rings. The number of aryl methyl sites for hydroxylation is 3. The Bertz CT molecular complexity index is 1320. The molecule has 0 unspecified atom stereocenters. The molecule has 0 saturated heterocycles. The zero-order valence-electron chi connectivity index (χ0n) is 18.1. The van der Waals surface area contributed by atoms with Gasteiger partial charge < -0.3 is 9.84 Å². The number of rotatable bonds is 6. The molecule has 0 atom stereocenters. The molecular formula is C24H23N5O3. The highest BCUT2D eigenvalue weighted by Crippen LogP contribution is 2.19. The van der Waals surface area contributed by atoms with Crippen molar-refractivity contribution < 1.29 is 9.32 Å². The summed E-state index contributed by atoms with van der Waals surface area (Å²) in [6, 6.07) is 17.0. The standard InChI is InChI=1S/C24H23N5O3/c1-15-4-7-18(8-5-15)13-25-23(31)24-26-21(28-32-24)14-29-22(30)11-10-20(27-29)19-9-6-16(2)17(3)12-19/h4-12H,13-14H2,1-3H3,(H,25,31). The number of hydrogen-bond donors (Lipinski definition) is 1. The van der Waals surface area contributed by atoms with Gasteiger partial charge >= 0.3 is 11.8 Å². The van der Waals surface area contributed by atoms with Gasteiger partial charge in [-0.2, -0.15) is 10.1 Å². The first-order valence-electron chi connectivity index (χ1n) is 10.2. The topological polar surface area (TPSA) is 103 Å². The van der Waals surface area contributed by atoms with Crippen molar-refractivity contribution in [1.82, 2.24) is 25.2 Å². The van der Waals surface area contributed by atoms with Crippen LogP contribution in [0.3, 0.4) is 0 Å². The number of benzene rings is 2. The summed E-state index contributed by atoms with van der Waals surface area (Å²) in [5.41, 5.74) is 5.70. The highest BCUT2D eigenvalue weighted by molar-refractivity contribution is 5.89. The van der Waals surface area contributed by atoms with Crippen molar-refractivity contribution in [3.05, 3.63) is 98.9 Å². The number of carbonyl (C=O) groups excluding carboxylic acids is 1. The minimum atomic E-state index is -0.478.